The number of aliphatic hydroxyl groups excluding tert-OH is 1. The minimum Gasteiger partial charge on any atom is -0.390 e. The van der Waals surface area contributed by atoms with Crippen LogP contribution in [0.4, 0.5) is 5.69 Å². The molecular weight excluding hydrogens is 252 g/mol. The molecule has 8 heteroatoms. The third kappa shape index (κ3) is 5.77. The summed E-state index contributed by atoms with van der Waals surface area (Å²) < 4.78 is 1.33. The van der Waals surface area contributed by atoms with E-state index in [1.807, 2.05) is 0 Å². The minimum atomic E-state index is -0.834. The van der Waals surface area contributed by atoms with Crippen LogP contribution in [0, 0.1) is 10.1 Å². The van der Waals surface area contributed by atoms with Crippen molar-refractivity contribution in [3.63, 3.8) is 0 Å². The van der Waals surface area contributed by atoms with Gasteiger partial charge in [-0.05, 0) is 20.9 Å². The van der Waals surface area contributed by atoms with E-state index in [1.165, 1.54) is 10.9 Å². The fraction of sp³-hybridized carbons (Fsp3) is 0.727. The first-order valence-corrected chi connectivity index (χ1v) is 5.93. The fourth-order valence-electron chi connectivity index (χ4n) is 1.91. The van der Waals surface area contributed by atoms with Crippen molar-refractivity contribution in [2.75, 3.05) is 20.1 Å². The predicted octanol–water partition coefficient (Wildman–Crippen LogP) is -0.145. The Morgan fingerprint density at radius 2 is 2.26 bits per heavy atom. The van der Waals surface area contributed by atoms with E-state index in [0.717, 1.165) is 6.20 Å². The van der Waals surface area contributed by atoms with Crippen LogP contribution in [0.5, 0.6) is 0 Å². The van der Waals surface area contributed by atoms with Gasteiger partial charge in [0.2, 0.25) is 0 Å². The molecule has 0 aliphatic rings. The second-order valence-corrected chi connectivity index (χ2v) is 5.34. The molecule has 0 saturated carbocycles. The zero-order chi connectivity index (χ0) is 14.6. The summed E-state index contributed by atoms with van der Waals surface area (Å²) in [6.45, 7) is 4.31. The molecule has 2 N–H and O–H groups in total. The van der Waals surface area contributed by atoms with E-state index in [4.69, 9.17) is 0 Å². The van der Waals surface area contributed by atoms with Gasteiger partial charge in [-0.2, -0.15) is 5.10 Å². The maximum atomic E-state index is 10.5. The quantitative estimate of drug-likeness (QED) is 0.528. The highest BCUT2D eigenvalue weighted by Gasteiger charge is 2.18. The van der Waals surface area contributed by atoms with Gasteiger partial charge in [-0.3, -0.25) is 14.8 Å². The molecule has 1 heterocycles. The van der Waals surface area contributed by atoms with E-state index < -0.39 is 16.6 Å². The van der Waals surface area contributed by atoms with Crippen LogP contribution in [0.1, 0.15) is 13.8 Å². The average Bonchev–Trinajstić information content (AvgIpc) is 2.62. The Labute approximate surface area is 111 Å². The highest BCUT2D eigenvalue weighted by atomic mass is 16.6. The molecule has 1 unspecified atom stereocenters. The van der Waals surface area contributed by atoms with Crippen molar-refractivity contribution in [2.24, 2.45) is 0 Å². The zero-order valence-corrected chi connectivity index (χ0v) is 11.4. The number of nitro groups is 1. The maximum absolute atomic E-state index is 10.5. The lowest BCUT2D eigenvalue weighted by atomic mass is 10.1. The first kappa shape index (κ1) is 15.5. The van der Waals surface area contributed by atoms with Crippen LogP contribution in [0.2, 0.25) is 0 Å². The molecule has 0 fully saturated rings. The lowest BCUT2D eigenvalue weighted by Crippen LogP contribution is -2.40. The van der Waals surface area contributed by atoms with Crippen LogP contribution in [-0.4, -0.2) is 61.7 Å². The standard InChI is InChI=1S/C11H20N4O4/c1-11(2,17)8-13(3)6-10(16)7-14-5-9(4-12-14)15(18)19/h4-5,10,16-17H,6-8H2,1-3H3. The van der Waals surface area contributed by atoms with Gasteiger partial charge in [0.05, 0.1) is 23.2 Å². The number of aliphatic hydroxyl groups is 2. The van der Waals surface area contributed by atoms with Crippen LogP contribution in [0.15, 0.2) is 12.4 Å². The molecule has 8 nitrogen and oxygen atoms in total. The van der Waals surface area contributed by atoms with Gasteiger partial charge in [-0.1, -0.05) is 0 Å². The van der Waals surface area contributed by atoms with Gasteiger partial charge in [-0.25, -0.2) is 0 Å². The minimum absolute atomic E-state index is 0.1000. The Balaban J connectivity index is 2.46. The Bertz CT molecular complexity index is 427. The molecule has 0 radical (unpaired) electrons. The Morgan fingerprint density at radius 1 is 1.63 bits per heavy atom. The normalized spacial score (nSPS) is 13.8. The third-order valence-corrected chi connectivity index (χ3v) is 2.41. The third-order valence-electron chi connectivity index (χ3n) is 2.41. The Hall–Kier alpha value is -1.51. The molecule has 1 rings (SSSR count). The summed E-state index contributed by atoms with van der Waals surface area (Å²) in [5.74, 6) is 0. The van der Waals surface area contributed by atoms with E-state index >= 15 is 0 Å². The molecule has 0 aliphatic heterocycles. The van der Waals surface area contributed by atoms with Crippen LogP contribution >= 0.6 is 0 Å². The van der Waals surface area contributed by atoms with E-state index in [-0.39, 0.29) is 12.2 Å². The number of hydrogen-bond acceptors (Lipinski definition) is 6. The SMILES string of the molecule is CN(CC(O)Cn1cc([N+](=O)[O-])cn1)CC(C)(C)O. The summed E-state index contributed by atoms with van der Waals surface area (Å²) in [4.78, 5) is 11.8. The highest BCUT2D eigenvalue weighted by Crippen LogP contribution is 2.09. The van der Waals surface area contributed by atoms with Crippen molar-refractivity contribution < 1.29 is 15.1 Å². The van der Waals surface area contributed by atoms with Gasteiger partial charge < -0.3 is 15.1 Å². The maximum Gasteiger partial charge on any atom is 0.306 e. The zero-order valence-electron chi connectivity index (χ0n) is 11.4. The van der Waals surface area contributed by atoms with Crippen molar-refractivity contribution >= 4 is 5.69 Å². The first-order valence-electron chi connectivity index (χ1n) is 5.93. The average molecular weight is 272 g/mol. The summed E-state index contributed by atoms with van der Waals surface area (Å²) >= 11 is 0. The molecule has 19 heavy (non-hydrogen) atoms. The van der Waals surface area contributed by atoms with Gasteiger partial charge in [0.25, 0.3) is 0 Å². The summed E-state index contributed by atoms with van der Waals surface area (Å²) in [6.07, 6.45) is 1.71. The summed E-state index contributed by atoms with van der Waals surface area (Å²) in [6, 6.07) is 0. The number of likely N-dealkylation sites (N-methyl/N-ethyl adjacent to an activating group) is 1. The predicted molar refractivity (Wildman–Crippen MR) is 68.7 cm³/mol. The van der Waals surface area contributed by atoms with Crippen molar-refractivity contribution in [1.82, 2.24) is 14.7 Å². The number of aromatic nitrogens is 2. The van der Waals surface area contributed by atoms with E-state index in [1.54, 1.807) is 25.8 Å². The lowest BCUT2D eigenvalue weighted by molar-refractivity contribution is -0.385. The summed E-state index contributed by atoms with van der Waals surface area (Å²) in [7, 11) is 1.78. The molecule has 1 aromatic rings. The van der Waals surface area contributed by atoms with Crippen LogP contribution in [-0.2, 0) is 6.54 Å². The van der Waals surface area contributed by atoms with Gasteiger partial charge in [0.15, 0.2) is 0 Å². The Morgan fingerprint density at radius 3 is 2.74 bits per heavy atom. The number of rotatable bonds is 7. The second kappa shape index (κ2) is 6.09. The van der Waals surface area contributed by atoms with Crippen molar-refractivity contribution in [1.29, 1.82) is 0 Å². The van der Waals surface area contributed by atoms with Gasteiger partial charge >= 0.3 is 5.69 Å². The van der Waals surface area contributed by atoms with E-state index in [9.17, 15) is 20.3 Å². The lowest BCUT2D eigenvalue weighted by Gasteiger charge is -2.27. The molecular formula is C11H20N4O4. The van der Waals surface area contributed by atoms with Crippen molar-refractivity contribution in [3.05, 3.63) is 22.5 Å². The molecule has 0 amide bonds. The van der Waals surface area contributed by atoms with E-state index in [0.29, 0.717) is 13.1 Å². The highest BCUT2D eigenvalue weighted by molar-refractivity contribution is 5.20. The molecule has 0 bridgehead atoms. The van der Waals surface area contributed by atoms with Crippen LogP contribution in [0.25, 0.3) is 0 Å². The first-order chi connectivity index (χ1) is 8.67. The van der Waals surface area contributed by atoms with Gasteiger partial charge in [0, 0.05) is 13.1 Å². The molecule has 0 aromatic carbocycles. The second-order valence-electron chi connectivity index (χ2n) is 5.34. The molecule has 0 aliphatic carbocycles. The number of nitrogens with zero attached hydrogens (tertiary/aromatic N) is 4. The molecule has 1 atom stereocenters. The van der Waals surface area contributed by atoms with Gasteiger partial charge in [0.1, 0.15) is 12.4 Å². The van der Waals surface area contributed by atoms with Crippen LogP contribution < -0.4 is 0 Å². The molecule has 108 valence electrons. The summed E-state index contributed by atoms with van der Waals surface area (Å²) in [5, 5.41) is 33.8. The van der Waals surface area contributed by atoms with Crippen molar-refractivity contribution in [3.8, 4) is 0 Å². The summed E-state index contributed by atoms with van der Waals surface area (Å²) in [5.41, 5.74) is -0.934. The molecule has 1 aromatic heterocycles. The topological polar surface area (TPSA) is 105 Å². The molecule has 0 saturated heterocycles. The van der Waals surface area contributed by atoms with Crippen LogP contribution in [0.3, 0.4) is 0 Å². The van der Waals surface area contributed by atoms with Crippen molar-refractivity contribution in [2.45, 2.75) is 32.1 Å². The fourth-order valence-corrected chi connectivity index (χ4v) is 1.91. The number of hydrogen-bond donors (Lipinski definition) is 2. The Kier molecular flexibility index (Phi) is 4.98. The molecule has 0 spiro atoms. The van der Waals surface area contributed by atoms with Gasteiger partial charge in [-0.15, -0.1) is 0 Å². The monoisotopic (exact) mass is 272 g/mol. The largest absolute Gasteiger partial charge is 0.390 e. The van der Waals surface area contributed by atoms with E-state index in [2.05, 4.69) is 5.10 Å². The smallest absolute Gasteiger partial charge is 0.306 e.